The number of nitrogens with one attached hydrogen (secondary N) is 1. The van der Waals surface area contributed by atoms with Crippen molar-refractivity contribution in [2.24, 2.45) is 0 Å². The van der Waals surface area contributed by atoms with Gasteiger partial charge in [-0.25, -0.2) is 0 Å². The number of aromatic hydroxyl groups is 1. The molecule has 0 saturated carbocycles. The Labute approximate surface area is 215 Å². The van der Waals surface area contributed by atoms with E-state index in [4.69, 9.17) is 0 Å². The van der Waals surface area contributed by atoms with Crippen molar-refractivity contribution in [2.45, 2.75) is 58.4 Å². The van der Waals surface area contributed by atoms with E-state index in [1.807, 2.05) is 35.2 Å². The number of carbonyl (C=O) groups is 1. The second-order valence-electron chi connectivity index (χ2n) is 10.2. The van der Waals surface area contributed by atoms with E-state index in [0.717, 1.165) is 88.0 Å². The van der Waals surface area contributed by atoms with Crippen molar-refractivity contribution < 1.29 is 9.90 Å². The van der Waals surface area contributed by atoms with Gasteiger partial charge in [-0.3, -0.25) is 4.79 Å². The predicted molar refractivity (Wildman–Crippen MR) is 149 cm³/mol. The molecule has 36 heavy (non-hydrogen) atoms. The summed E-state index contributed by atoms with van der Waals surface area (Å²) >= 11 is 0. The number of amides is 1. The molecule has 0 aliphatic carbocycles. The molecular weight excluding hydrogens is 448 g/mol. The molecule has 1 amide bonds. The van der Waals surface area contributed by atoms with Gasteiger partial charge in [-0.1, -0.05) is 38.0 Å². The average Bonchev–Trinajstić information content (AvgIpc) is 3.29. The molecule has 1 fully saturated rings. The highest BCUT2D eigenvalue weighted by Gasteiger charge is 2.23. The molecule has 194 valence electrons. The highest BCUT2D eigenvalue weighted by Crippen LogP contribution is 2.24. The van der Waals surface area contributed by atoms with Gasteiger partial charge in [0.25, 0.3) is 0 Å². The number of aryl methyl sites for hydroxylation is 1. The lowest BCUT2D eigenvalue weighted by molar-refractivity contribution is -0.119. The summed E-state index contributed by atoms with van der Waals surface area (Å²) in [5.41, 5.74) is 3.37. The van der Waals surface area contributed by atoms with Gasteiger partial charge in [0.2, 0.25) is 5.91 Å². The number of hydrogen-bond acceptors (Lipinski definition) is 4. The minimum Gasteiger partial charge on any atom is -0.508 e. The van der Waals surface area contributed by atoms with Crippen molar-refractivity contribution in [2.75, 3.05) is 44.2 Å². The number of nitrogens with zero attached hydrogens (tertiary/aromatic N) is 3. The van der Waals surface area contributed by atoms with Gasteiger partial charge in [0.15, 0.2) is 0 Å². The van der Waals surface area contributed by atoms with Gasteiger partial charge < -0.3 is 24.8 Å². The van der Waals surface area contributed by atoms with E-state index in [-0.39, 0.29) is 11.9 Å². The van der Waals surface area contributed by atoms with Crippen LogP contribution in [0.2, 0.25) is 0 Å². The number of hydrogen-bond donors (Lipinski definition) is 2. The van der Waals surface area contributed by atoms with Crippen LogP contribution in [0.4, 0.5) is 5.69 Å². The van der Waals surface area contributed by atoms with Crippen LogP contribution in [-0.4, -0.2) is 71.1 Å². The molecule has 0 radical (unpaired) electrons. The predicted octanol–water partition coefficient (Wildman–Crippen LogP) is 5.43. The number of phenolic OH excluding ortho intramolecular Hbond substituents is 1. The molecule has 2 aromatic carbocycles. The first-order valence-electron chi connectivity index (χ1n) is 13.7. The topological polar surface area (TPSA) is 62.8 Å². The summed E-state index contributed by atoms with van der Waals surface area (Å²) in [7, 11) is 0. The largest absolute Gasteiger partial charge is 0.508 e. The number of carbonyl (C=O) groups excluding carboxylic acids is 1. The standard InChI is InChI=1S/C30H42N4O2/c1-3-4-9-24(2)34(26-11-6-5-7-12-26)30(36)15-17-33-20-18-32(19-21-33)16-8-10-25-23-31-29-14-13-27(35)22-28(25)29/h5-7,11-14,22-24,31,35H,3-4,8-10,15-21H2,1-2H3. The maximum atomic E-state index is 13.3. The van der Waals surface area contributed by atoms with Crippen LogP contribution in [0, 0.1) is 0 Å². The maximum Gasteiger partial charge on any atom is 0.228 e. The third-order valence-electron chi connectivity index (χ3n) is 7.50. The number of anilines is 1. The first-order valence-corrected chi connectivity index (χ1v) is 13.7. The second-order valence-corrected chi connectivity index (χ2v) is 10.2. The number of aromatic nitrogens is 1. The number of aromatic amines is 1. The van der Waals surface area contributed by atoms with Gasteiger partial charge in [-0.05, 0) is 68.6 Å². The molecule has 1 aliphatic heterocycles. The van der Waals surface area contributed by atoms with Crippen molar-refractivity contribution in [1.29, 1.82) is 0 Å². The van der Waals surface area contributed by atoms with Crippen LogP contribution in [0.3, 0.4) is 0 Å². The Morgan fingerprint density at radius 2 is 1.75 bits per heavy atom. The Kier molecular flexibility index (Phi) is 9.42. The lowest BCUT2D eigenvalue weighted by Gasteiger charge is -2.35. The van der Waals surface area contributed by atoms with Gasteiger partial charge >= 0.3 is 0 Å². The Morgan fingerprint density at radius 3 is 2.47 bits per heavy atom. The van der Waals surface area contributed by atoms with E-state index in [1.54, 1.807) is 6.07 Å². The number of benzene rings is 2. The normalized spacial score (nSPS) is 15.8. The zero-order valence-electron chi connectivity index (χ0n) is 22.0. The molecule has 4 rings (SSSR count). The van der Waals surface area contributed by atoms with Crippen LogP contribution in [-0.2, 0) is 11.2 Å². The van der Waals surface area contributed by atoms with Crippen LogP contribution in [0.25, 0.3) is 10.9 Å². The Balaban J connectivity index is 1.21. The van der Waals surface area contributed by atoms with E-state index < -0.39 is 0 Å². The SMILES string of the molecule is CCCCC(C)N(C(=O)CCN1CCN(CCCc2c[nH]c3ccc(O)cc23)CC1)c1ccccc1. The van der Waals surface area contributed by atoms with Crippen molar-refractivity contribution >= 4 is 22.5 Å². The third kappa shape index (κ3) is 6.89. The number of para-hydroxylation sites is 1. The Hall–Kier alpha value is -2.83. The van der Waals surface area contributed by atoms with E-state index in [1.165, 1.54) is 5.56 Å². The number of fused-ring (bicyclic) bond motifs is 1. The summed E-state index contributed by atoms with van der Waals surface area (Å²) in [6, 6.07) is 15.9. The summed E-state index contributed by atoms with van der Waals surface area (Å²) in [6.45, 7) is 10.4. The van der Waals surface area contributed by atoms with Crippen molar-refractivity contribution in [1.82, 2.24) is 14.8 Å². The fourth-order valence-electron chi connectivity index (χ4n) is 5.34. The molecule has 0 spiro atoms. The number of rotatable bonds is 12. The maximum absolute atomic E-state index is 13.3. The van der Waals surface area contributed by atoms with Crippen LogP contribution < -0.4 is 4.90 Å². The van der Waals surface area contributed by atoms with E-state index in [9.17, 15) is 9.90 Å². The van der Waals surface area contributed by atoms with E-state index >= 15 is 0 Å². The zero-order valence-corrected chi connectivity index (χ0v) is 22.0. The molecule has 1 saturated heterocycles. The molecule has 6 nitrogen and oxygen atoms in total. The van der Waals surface area contributed by atoms with Crippen LogP contribution >= 0.6 is 0 Å². The smallest absolute Gasteiger partial charge is 0.228 e. The van der Waals surface area contributed by atoms with Crippen LogP contribution in [0.15, 0.2) is 54.7 Å². The van der Waals surface area contributed by atoms with Crippen molar-refractivity contribution in [3.63, 3.8) is 0 Å². The zero-order chi connectivity index (χ0) is 25.3. The highest BCUT2D eigenvalue weighted by atomic mass is 16.3. The molecule has 1 aromatic heterocycles. The lowest BCUT2D eigenvalue weighted by atomic mass is 10.1. The van der Waals surface area contributed by atoms with Gasteiger partial charge in [0.1, 0.15) is 5.75 Å². The summed E-state index contributed by atoms with van der Waals surface area (Å²) in [5, 5.41) is 10.9. The Bertz CT molecular complexity index is 1090. The van der Waals surface area contributed by atoms with Crippen LogP contribution in [0.1, 0.15) is 51.5 Å². The first kappa shape index (κ1) is 26.2. The molecular formula is C30H42N4O2. The molecule has 1 aliphatic rings. The van der Waals surface area contributed by atoms with Gasteiger partial charge in [-0.15, -0.1) is 0 Å². The minimum atomic E-state index is 0.220. The van der Waals surface area contributed by atoms with E-state index in [2.05, 4.69) is 47.0 Å². The van der Waals surface area contributed by atoms with Gasteiger partial charge in [0, 0.05) is 68.0 Å². The first-order chi connectivity index (χ1) is 17.5. The fraction of sp³-hybridized carbons (Fsp3) is 0.500. The quantitative estimate of drug-likeness (QED) is 0.356. The summed E-state index contributed by atoms with van der Waals surface area (Å²) < 4.78 is 0. The lowest BCUT2D eigenvalue weighted by Crippen LogP contribution is -2.48. The number of phenols is 1. The van der Waals surface area contributed by atoms with Crippen LogP contribution in [0.5, 0.6) is 5.75 Å². The summed E-state index contributed by atoms with van der Waals surface area (Å²) in [4.78, 5) is 23.6. The van der Waals surface area contributed by atoms with Gasteiger partial charge in [-0.2, -0.15) is 0 Å². The molecule has 2 N–H and O–H groups in total. The second kappa shape index (κ2) is 12.9. The summed E-state index contributed by atoms with van der Waals surface area (Å²) in [5.74, 6) is 0.553. The Morgan fingerprint density at radius 1 is 1.03 bits per heavy atom. The number of H-pyrrole nitrogens is 1. The molecule has 6 heteroatoms. The molecule has 0 bridgehead atoms. The van der Waals surface area contributed by atoms with Crippen molar-refractivity contribution in [3.05, 3.63) is 60.3 Å². The summed E-state index contributed by atoms with van der Waals surface area (Å²) in [6.07, 6.45) is 8.07. The third-order valence-corrected chi connectivity index (χ3v) is 7.50. The van der Waals surface area contributed by atoms with E-state index in [0.29, 0.717) is 12.2 Å². The molecule has 1 unspecified atom stereocenters. The average molecular weight is 491 g/mol. The fourth-order valence-corrected chi connectivity index (χ4v) is 5.34. The number of unbranched alkanes of at least 4 members (excludes halogenated alkanes) is 1. The molecule has 2 heterocycles. The minimum absolute atomic E-state index is 0.220. The monoisotopic (exact) mass is 490 g/mol. The van der Waals surface area contributed by atoms with Gasteiger partial charge in [0.05, 0.1) is 0 Å². The molecule has 3 aromatic rings. The highest BCUT2D eigenvalue weighted by molar-refractivity contribution is 5.94. The number of piperazine rings is 1. The molecule has 1 atom stereocenters. The van der Waals surface area contributed by atoms with Crippen molar-refractivity contribution in [3.8, 4) is 5.75 Å².